The van der Waals surface area contributed by atoms with Crippen molar-refractivity contribution in [3.05, 3.63) is 36.2 Å². The first kappa shape index (κ1) is 10.8. The zero-order valence-electron chi connectivity index (χ0n) is 9.57. The third-order valence-corrected chi connectivity index (χ3v) is 2.79. The average Bonchev–Trinajstić information content (AvgIpc) is 2.80. The van der Waals surface area contributed by atoms with E-state index in [0.717, 1.165) is 17.8 Å². The lowest BCUT2D eigenvalue weighted by Crippen LogP contribution is -2.33. The Morgan fingerprint density at radius 1 is 1.31 bits per heavy atom. The molecule has 1 atom stereocenters. The van der Waals surface area contributed by atoms with Crippen molar-refractivity contribution in [2.24, 2.45) is 5.73 Å². The number of nitrogens with two attached hydrogens (primary N) is 1. The maximum atomic E-state index is 6.09. The summed E-state index contributed by atoms with van der Waals surface area (Å²) in [4.78, 5) is 4.43. The monoisotopic (exact) mass is 216 g/mol. The molecule has 0 saturated heterocycles. The minimum atomic E-state index is -0.444. The van der Waals surface area contributed by atoms with E-state index < -0.39 is 5.54 Å². The second kappa shape index (κ2) is 4.06. The molecule has 0 aliphatic rings. The summed E-state index contributed by atoms with van der Waals surface area (Å²) >= 11 is 0. The van der Waals surface area contributed by atoms with Crippen LogP contribution in [0.15, 0.2) is 30.3 Å². The second-order valence-corrected chi connectivity index (χ2v) is 4.14. The summed E-state index contributed by atoms with van der Waals surface area (Å²) in [7, 11) is 0. The fourth-order valence-corrected chi connectivity index (χ4v) is 1.40. The highest BCUT2D eigenvalue weighted by Gasteiger charge is 2.23. The van der Waals surface area contributed by atoms with Crippen molar-refractivity contribution in [1.82, 2.24) is 15.2 Å². The molecule has 0 bridgehead atoms. The molecule has 1 unspecified atom stereocenters. The van der Waals surface area contributed by atoms with Crippen molar-refractivity contribution in [3.8, 4) is 11.4 Å². The van der Waals surface area contributed by atoms with Gasteiger partial charge in [0, 0.05) is 5.56 Å². The Morgan fingerprint density at radius 3 is 2.62 bits per heavy atom. The molecule has 0 amide bonds. The first-order chi connectivity index (χ1) is 7.63. The van der Waals surface area contributed by atoms with Crippen molar-refractivity contribution >= 4 is 0 Å². The first-order valence-electron chi connectivity index (χ1n) is 5.40. The Morgan fingerprint density at radius 2 is 2.00 bits per heavy atom. The Balaban J connectivity index is 2.34. The normalized spacial score (nSPS) is 14.7. The van der Waals surface area contributed by atoms with Crippen molar-refractivity contribution < 1.29 is 0 Å². The highest BCUT2D eigenvalue weighted by molar-refractivity contribution is 5.53. The molecule has 2 aromatic rings. The highest BCUT2D eigenvalue weighted by Crippen LogP contribution is 2.20. The Labute approximate surface area is 94.9 Å². The Kier molecular flexibility index (Phi) is 2.75. The molecule has 2 rings (SSSR count). The smallest absolute Gasteiger partial charge is 0.181 e. The van der Waals surface area contributed by atoms with Gasteiger partial charge in [0.25, 0.3) is 0 Å². The number of aromatic amines is 1. The van der Waals surface area contributed by atoms with Crippen molar-refractivity contribution in [2.45, 2.75) is 25.8 Å². The first-order valence-corrected chi connectivity index (χ1v) is 5.40. The minimum absolute atomic E-state index is 0.444. The van der Waals surface area contributed by atoms with Crippen LogP contribution in [0, 0.1) is 0 Å². The largest absolute Gasteiger partial charge is 0.319 e. The predicted molar refractivity (Wildman–Crippen MR) is 63.6 cm³/mol. The van der Waals surface area contributed by atoms with Gasteiger partial charge in [0.2, 0.25) is 0 Å². The molecule has 4 heteroatoms. The lowest BCUT2D eigenvalue weighted by Gasteiger charge is -2.18. The summed E-state index contributed by atoms with van der Waals surface area (Å²) in [5, 5.41) is 7.09. The van der Waals surface area contributed by atoms with Gasteiger partial charge in [-0.2, -0.15) is 5.10 Å². The van der Waals surface area contributed by atoms with E-state index in [2.05, 4.69) is 15.2 Å². The molecule has 1 aromatic heterocycles. The molecular weight excluding hydrogens is 200 g/mol. The van der Waals surface area contributed by atoms with Gasteiger partial charge >= 0.3 is 0 Å². The predicted octanol–water partition coefficient (Wildman–Crippen LogP) is 2.06. The van der Waals surface area contributed by atoms with E-state index in [0.29, 0.717) is 5.82 Å². The molecule has 0 aliphatic heterocycles. The third kappa shape index (κ3) is 1.97. The Hall–Kier alpha value is -1.68. The molecule has 4 nitrogen and oxygen atoms in total. The number of aromatic nitrogens is 3. The van der Waals surface area contributed by atoms with Gasteiger partial charge < -0.3 is 5.73 Å². The van der Waals surface area contributed by atoms with Gasteiger partial charge in [0.15, 0.2) is 5.82 Å². The second-order valence-electron chi connectivity index (χ2n) is 4.14. The molecular formula is C12H16N4. The van der Waals surface area contributed by atoms with E-state index in [4.69, 9.17) is 5.73 Å². The van der Waals surface area contributed by atoms with Crippen LogP contribution in [0.25, 0.3) is 11.4 Å². The fraction of sp³-hybridized carbons (Fsp3) is 0.333. The maximum absolute atomic E-state index is 6.09. The standard InChI is InChI=1S/C12H16N4/c1-3-12(2,13)11-14-10(15-16-11)9-7-5-4-6-8-9/h4-8H,3,13H2,1-2H3,(H,14,15,16). The SMILES string of the molecule is CCC(C)(N)c1nc(-c2ccccc2)n[nH]1. The number of H-pyrrole nitrogens is 1. The third-order valence-electron chi connectivity index (χ3n) is 2.79. The van der Waals surface area contributed by atoms with E-state index in [-0.39, 0.29) is 0 Å². The molecule has 3 N–H and O–H groups in total. The summed E-state index contributed by atoms with van der Waals surface area (Å²) in [5.41, 5.74) is 6.65. The summed E-state index contributed by atoms with van der Waals surface area (Å²) < 4.78 is 0. The van der Waals surface area contributed by atoms with Gasteiger partial charge in [-0.25, -0.2) is 4.98 Å². The molecule has 0 fully saturated rings. The van der Waals surface area contributed by atoms with Gasteiger partial charge in [0.1, 0.15) is 5.82 Å². The van der Waals surface area contributed by atoms with E-state index in [9.17, 15) is 0 Å². The number of hydrogen-bond acceptors (Lipinski definition) is 3. The van der Waals surface area contributed by atoms with Crippen molar-refractivity contribution in [3.63, 3.8) is 0 Å². The minimum Gasteiger partial charge on any atom is -0.319 e. The summed E-state index contributed by atoms with van der Waals surface area (Å²) in [6, 6.07) is 9.86. The van der Waals surface area contributed by atoms with Gasteiger partial charge in [-0.15, -0.1) is 0 Å². The highest BCUT2D eigenvalue weighted by atomic mass is 15.2. The van der Waals surface area contributed by atoms with E-state index in [1.807, 2.05) is 44.2 Å². The number of nitrogens with one attached hydrogen (secondary N) is 1. The zero-order valence-corrected chi connectivity index (χ0v) is 9.57. The summed E-state index contributed by atoms with van der Waals surface area (Å²) in [6.07, 6.45) is 0.816. The molecule has 0 radical (unpaired) electrons. The lowest BCUT2D eigenvalue weighted by atomic mass is 10.0. The number of nitrogens with zero attached hydrogens (tertiary/aromatic N) is 2. The molecule has 84 valence electrons. The molecule has 0 spiro atoms. The van der Waals surface area contributed by atoms with Crippen molar-refractivity contribution in [2.75, 3.05) is 0 Å². The van der Waals surface area contributed by atoms with Crippen LogP contribution >= 0.6 is 0 Å². The quantitative estimate of drug-likeness (QED) is 0.825. The maximum Gasteiger partial charge on any atom is 0.181 e. The molecule has 0 saturated carbocycles. The molecule has 1 heterocycles. The topological polar surface area (TPSA) is 67.6 Å². The molecule has 0 aliphatic carbocycles. The van der Waals surface area contributed by atoms with Crippen LogP contribution in [0.2, 0.25) is 0 Å². The van der Waals surface area contributed by atoms with Crippen molar-refractivity contribution in [1.29, 1.82) is 0 Å². The van der Waals surface area contributed by atoms with Crippen LogP contribution in [-0.2, 0) is 5.54 Å². The summed E-state index contributed by atoms with van der Waals surface area (Å²) in [6.45, 7) is 3.98. The van der Waals surface area contributed by atoms with Crippen LogP contribution in [0.4, 0.5) is 0 Å². The van der Waals surface area contributed by atoms with Crippen LogP contribution in [0.1, 0.15) is 26.1 Å². The molecule has 1 aromatic carbocycles. The van der Waals surface area contributed by atoms with Crippen LogP contribution in [-0.4, -0.2) is 15.2 Å². The van der Waals surface area contributed by atoms with Crippen LogP contribution in [0.5, 0.6) is 0 Å². The Bertz CT molecular complexity index is 459. The zero-order chi connectivity index (χ0) is 11.6. The van der Waals surface area contributed by atoms with Crippen LogP contribution in [0.3, 0.4) is 0 Å². The van der Waals surface area contributed by atoms with Gasteiger partial charge in [-0.3, -0.25) is 5.10 Å². The summed E-state index contributed by atoms with van der Waals surface area (Å²) in [5.74, 6) is 1.43. The van der Waals surface area contributed by atoms with E-state index in [1.54, 1.807) is 0 Å². The van der Waals surface area contributed by atoms with Gasteiger partial charge in [-0.1, -0.05) is 37.3 Å². The average molecular weight is 216 g/mol. The number of rotatable bonds is 3. The lowest BCUT2D eigenvalue weighted by molar-refractivity contribution is 0.447. The van der Waals surface area contributed by atoms with Gasteiger partial charge in [-0.05, 0) is 13.3 Å². The van der Waals surface area contributed by atoms with Crippen LogP contribution < -0.4 is 5.73 Å². The fourth-order valence-electron chi connectivity index (χ4n) is 1.40. The molecule has 16 heavy (non-hydrogen) atoms. The number of hydrogen-bond donors (Lipinski definition) is 2. The van der Waals surface area contributed by atoms with E-state index >= 15 is 0 Å². The van der Waals surface area contributed by atoms with Gasteiger partial charge in [0.05, 0.1) is 5.54 Å². The number of benzene rings is 1. The van der Waals surface area contributed by atoms with E-state index in [1.165, 1.54) is 0 Å².